The number of hydrogen-bond acceptors (Lipinski definition) is 0. The fourth-order valence-electron chi connectivity index (χ4n) is 2.27. The van der Waals surface area contributed by atoms with Crippen molar-refractivity contribution in [3.63, 3.8) is 0 Å². The van der Waals surface area contributed by atoms with Crippen molar-refractivity contribution in [3.05, 3.63) is 0 Å². The second-order valence-corrected chi connectivity index (χ2v) is 4.78. The van der Waals surface area contributed by atoms with Crippen molar-refractivity contribution in [1.82, 2.24) is 0 Å². The van der Waals surface area contributed by atoms with Crippen molar-refractivity contribution >= 4 is 0 Å². The monoisotopic (exact) mass is 168 g/mol. The summed E-state index contributed by atoms with van der Waals surface area (Å²) in [6.07, 6.45) is 11.8. The van der Waals surface area contributed by atoms with Crippen LogP contribution < -0.4 is 0 Å². The Bertz CT molecular complexity index is 94.6. The van der Waals surface area contributed by atoms with Gasteiger partial charge in [-0.25, -0.2) is 0 Å². The van der Waals surface area contributed by atoms with E-state index in [1.807, 2.05) is 0 Å². The van der Waals surface area contributed by atoms with E-state index in [4.69, 9.17) is 0 Å². The summed E-state index contributed by atoms with van der Waals surface area (Å²) in [4.78, 5) is 0. The summed E-state index contributed by atoms with van der Waals surface area (Å²) in [5.41, 5.74) is 0. The molecule has 0 amide bonds. The van der Waals surface area contributed by atoms with E-state index in [0.717, 1.165) is 11.8 Å². The Morgan fingerprint density at radius 1 is 0.583 bits per heavy atom. The van der Waals surface area contributed by atoms with Crippen LogP contribution in [0.3, 0.4) is 0 Å². The maximum atomic E-state index is 2.42. The SMILES string of the molecule is CC1CCCCCC(C)CCC1. The quantitative estimate of drug-likeness (QED) is 0.503. The molecule has 0 N–H and O–H groups in total. The highest BCUT2D eigenvalue weighted by Crippen LogP contribution is 2.23. The molecule has 0 bridgehead atoms. The van der Waals surface area contributed by atoms with E-state index in [0.29, 0.717) is 0 Å². The highest BCUT2D eigenvalue weighted by Gasteiger charge is 2.07. The largest absolute Gasteiger partial charge is 0.0625 e. The molecule has 0 radical (unpaired) electrons. The summed E-state index contributed by atoms with van der Waals surface area (Å²) >= 11 is 0. The van der Waals surface area contributed by atoms with Crippen molar-refractivity contribution in [1.29, 1.82) is 0 Å². The first-order chi connectivity index (χ1) is 5.79. The second kappa shape index (κ2) is 5.61. The van der Waals surface area contributed by atoms with Crippen molar-refractivity contribution in [2.24, 2.45) is 11.8 Å². The number of hydrogen-bond donors (Lipinski definition) is 0. The predicted molar refractivity (Wildman–Crippen MR) is 55.3 cm³/mol. The van der Waals surface area contributed by atoms with Gasteiger partial charge >= 0.3 is 0 Å². The molecule has 0 saturated heterocycles. The Hall–Kier alpha value is 0. The van der Waals surface area contributed by atoms with Crippen LogP contribution in [0.15, 0.2) is 0 Å². The summed E-state index contributed by atoms with van der Waals surface area (Å²) in [6, 6.07) is 0. The lowest BCUT2D eigenvalue weighted by Gasteiger charge is -2.17. The van der Waals surface area contributed by atoms with Crippen LogP contribution in [0.25, 0.3) is 0 Å². The fourth-order valence-corrected chi connectivity index (χ4v) is 2.27. The van der Waals surface area contributed by atoms with E-state index >= 15 is 0 Å². The smallest absolute Gasteiger partial charge is 0.0443 e. The first kappa shape index (κ1) is 10.1. The lowest BCUT2D eigenvalue weighted by Crippen LogP contribution is -2.01. The Labute approximate surface area is 77.7 Å². The molecule has 0 heterocycles. The van der Waals surface area contributed by atoms with E-state index in [2.05, 4.69) is 13.8 Å². The van der Waals surface area contributed by atoms with E-state index in [1.165, 1.54) is 51.4 Å². The minimum absolute atomic E-state index is 0.996. The van der Waals surface area contributed by atoms with Gasteiger partial charge in [0.1, 0.15) is 0 Å². The van der Waals surface area contributed by atoms with Gasteiger partial charge in [-0.05, 0) is 11.8 Å². The Kier molecular flexibility index (Phi) is 4.72. The Morgan fingerprint density at radius 2 is 1.00 bits per heavy atom. The molecule has 1 aliphatic rings. The molecule has 0 spiro atoms. The molecule has 1 rings (SSSR count). The van der Waals surface area contributed by atoms with Gasteiger partial charge in [0.15, 0.2) is 0 Å². The zero-order valence-corrected chi connectivity index (χ0v) is 8.81. The van der Waals surface area contributed by atoms with Gasteiger partial charge in [-0.3, -0.25) is 0 Å². The van der Waals surface area contributed by atoms with Gasteiger partial charge in [0.25, 0.3) is 0 Å². The average molecular weight is 168 g/mol. The maximum Gasteiger partial charge on any atom is -0.0443 e. The molecule has 1 fully saturated rings. The van der Waals surface area contributed by atoms with Crippen LogP contribution in [0.5, 0.6) is 0 Å². The van der Waals surface area contributed by atoms with Gasteiger partial charge in [-0.2, -0.15) is 0 Å². The minimum atomic E-state index is 0.996. The summed E-state index contributed by atoms with van der Waals surface area (Å²) in [6.45, 7) is 4.85. The summed E-state index contributed by atoms with van der Waals surface area (Å²) in [5, 5.41) is 0. The highest BCUT2D eigenvalue weighted by atomic mass is 14.1. The van der Waals surface area contributed by atoms with Gasteiger partial charge in [-0.1, -0.05) is 65.2 Å². The molecule has 12 heavy (non-hydrogen) atoms. The molecule has 0 nitrogen and oxygen atoms in total. The van der Waals surface area contributed by atoms with Gasteiger partial charge in [0, 0.05) is 0 Å². The Balaban J connectivity index is 2.21. The summed E-state index contributed by atoms with van der Waals surface area (Å²) < 4.78 is 0. The predicted octanol–water partition coefficient (Wildman–Crippen LogP) is 4.39. The normalized spacial score (nSPS) is 34.5. The maximum absolute atomic E-state index is 2.42. The molecule has 0 aromatic carbocycles. The van der Waals surface area contributed by atoms with E-state index in [9.17, 15) is 0 Å². The third kappa shape index (κ3) is 4.13. The minimum Gasteiger partial charge on any atom is -0.0625 e. The summed E-state index contributed by atoms with van der Waals surface area (Å²) in [7, 11) is 0. The standard InChI is InChI=1S/C12H24/c1-11-7-4-3-5-8-12(2)10-6-9-11/h11-12H,3-10H2,1-2H3. The van der Waals surface area contributed by atoms with Crippen molar-refractivity contribution in [2.75, 3.05) is 0 Å². The zero-order chi connectivity index (χ0) is 8.81. The first-order valence-corrected chi connectivity index (χ1v) is 5.79. The van der Waals surface area contributed by atoms with Crippen LogP contribution in [-0.4, -0.2) is 0 Å². The molecule has 0 aromatic rings. The molecule has 1 aliphatic carbocycles. The molecular formula is C12H24. The van der Waals surface area contributed by atoms with Crippen LogP contribution in [-0.2, 0) is 0 Å². The molecule has 0 aliphatic heterocycles. The van der Waals surface area contributed by atoms with Crippen LogP contribution in [0.2, 0.25) is 0 Å². The van der Waals surface area contributed by atoms with Gasteiger partial charge in [0.2, 0.25) is 0 Å². The van der Waals surface area contributed by atoms with Crippen LogP contribution >= 0.6 is 0 Å². The lowest BCUT2D eigenvalue weighted by molar-refractivity contribution is 0.367. The molecule has 2 unspecified atom stereocenters. The van der Waals surface area contributed by atoms with Gasteiger partial charge < -0.3 is 0 Å². The Morgan fingerprint density at radius 3 is 1.50 bits per heavy atom. The molecule has 72 valence electrons. The first-order valence-electron chi connectivity index (χ1n) is 5.79. The highest BCUT2D eigenvalue weighted by molar-refractivity contribution is 4.61. The van der Waals surface area contributed by atoms with Gasteiger partial charge in [0.05, 0.1) is 0 Å². The molecule has 0 aromatic heterocycles. The van der Waals surface area contributed by atoms with Crippen LogP contribution in [0, 0.1) is 11.8 Å². The van der Waals surface area contributed by atoms with Crippen LogP contribution in [0.4, 0.5) is 0 Å². The average Bonchev–Trinajstić information content (AvgIpc) is 2.04. The zero-order valence-electron chi connectivity index (χ0n) is 8.81. The summed E-state index contributed by atoms with van der Waals surface area (Å²) in [5.74, 6) is 1.99. The van der Waals surface area contributed by atoms with Gasteiger partial charge in [-0.15, -0.1) is 0 Å². The van der Waals surface area contributed by atoms with E-state index in [1.54, 1.807) is 0 Å². The van der Waals surface area contributed by atoms with E-state index < -0.39 is 0 Å². The van der Waals surface area contributed by atoms with Crippen LogP contribution in [0.1, 0.15) is 65.2 Å². The lowest BCUT2D eigenvalue weighted by atomic mass is 9.90. The van der Waals surface area contributed by atoms with Crippen molar-refractivity contribution in [3.8, 4) is 0 Å². The third-order valence-electron chi connectivity index (χ3n) is 3.29. The molecule has 1 saturated carbocycles. The molecular weight excluding hydrogens is 144 g/mol. The third-order valence-corrected chi connectivity index (χ3v) is 3.29. The topological polar surface area (TPSA) is 0 Å². The fraction of sp³-hybridized carbons (Fsp3) is 1.00. The number of rotatable bonds is 0. The van der Waals surface area contributed by atoms with E-state index in [-0.39, 0.29) is 0 Å². The van der Waals surface area contributed by atoms with Crippen molar-refractivity contribution in [2.45, 2.75) is 65.2 Å². The second-order valence-electron chi connectivity index (χ2n) is 4.78. The molecule has 0 heteroatoms. The van der Waals surface area contributed by atoms with Crippen molar-refractivity contribution < 1.29 is 0 Å². The molecule has 2 atom stereocenters.